The molecule has 136 valence electrons. The number of rotatable bonds is 5. The van der Waals surface area contributed by atoms with Gasteiger partial charge in [-0.3, -0.25) is 10.1 Å². The molecule has 3 aromatic heterocycles. The largest absolute Gasteiger partial charge is 0.298 e. The summed E-state index contributed by atoms with van der Waals surface area (Å²) in [5.74, 6) is -0.211. The molecule has 0 bridgehead atoms. The van der Waals surface area contributed by atoms with E-state index in [0.29, 0.717) is 17.2 Å². The van der Waals surface area contributed by atoms with Crippen molar-refractivity contribution in [2.24, 2.45) is 0 Å². The topological polar surface area (TPSA) is 72.7 Å². The van der Waals surface area contributed by atoms with Crippen LogP contribution in [0, 0.1) is 6.92 Å². The molecule has 1 aromatic carbocycles. The van der Waals surface area contributed by atoms with Gasteiger partial charge < -0.3 is 0 Å². The number of pyridine rings is 1. The molecule has 7 heteroatoms. The Labute approximate surface area is 160 Å². The second kappa shape index (κ2) is 7.28. The molecule has 0 spiro atoms. The second-order valence-corrected chi connectivity index (χ2v) is 7.46. The predicted molar refractivity (Wildman–Crippen MR) is 107 cm³/mol. The van der Waals surface area contributed by atoms with Crippen molar-refractivity contribution < 1.29 is 4.79 Å². The van der Waals surface area contributed by atoms with Gasteiger partial charge >= 0.3 is 0 Å². The SMILES string of the molecule is CCc1nc(NC(=O)c2cnc3c(cnn3Cc3ccccc3)c2)sc1C. The molecule has 3 heterocycles. The summed E-state index contributed by atoms with van der Waals surface area (Å²) in [6.45, 7) is 4.71. The molecule has 0 unspecified atom stereocenters. The van der Waals surface area contributed by atoms with Gasteiger partial charge in [-0.05, 0) is 25.0 Å². The minimum absolute atomic E-state index is 0.211. The summed E-state index contributed by atoms with van der Waals surface area (Å²) in [7, 11) is 0. The Morgan fingerprint density at radius 1 is 1.22 bits per heavy atom. The predicted octanol–water partition coefficient (Wildman–Crippen LogP) is 4.06. The van der Waals surface area contributed by atoms with Crippen LogP contribution in [0.2, 0.25) is 0 Å². The Morgan fingerprint density at radius 2 is 2.04 bits per heavy atom. The number of nitrogens with one attached hydrogen (secondary N) is 1. The molecule has 1 N–H and O–H groups in total. The molecule has 0 aliphatic rings. The summed E-state index contributed by atoms with van der Waals surface area (Å²) in [6.07, 6.45) is 4.18. The molecule has 0 aliphatic heterocycles. The number of anilines is 1. The fourth-order valence-corrected chi connectivity index (χ4v) is 3.84. The number of fused-ring (bicyclic) bond motifs is 1. The first-order valence-corrected chi connectivity index (χ1v) is 9.59. The number of hydrogen-bond acceptors (Lipinski definition) is 5. The van der Waals surface area contributed by atoms with Crippen LogP contribution < -0.4 is 5.32 Å². The van der Waals surface area contributed by atoms with Crippen molar-refractivity contribution >= 4 is 33.4 Å². The van der Waals surface area contributed by atoms with Gasteiger partial charge in [0.2, 0.25) is 0 Å². The van der Waals surface area contributed by atoms with Crippen molar-refractivity contribution in [1.29, 1.82) is 0 Å². The maximum atomic E-state index is 12.6. The van der Waals surface area contributed by atoms with Gasteiger partial charge in [-0.1, -0.05) is 37.3 Å². The van der Waals surface area contributed by atoms with Crippen molar-refractivity contribution in [3.8, 4) is 0 Å². The molecule has 0 atom stereocenters. The van der Waals surface area contributed by atoms with Crippen molar-refractivity contribution in [3.05, 3.63) is 70.5 Å². The second-order valence-electron chi connectivity index (χ2n) is 6.25. The summed E-state index contributed by atoms with van der Waals surface area (Å²) in [6, 6.07) is 11.9. The number of aromatic nitrogens is 4. The van der Waals surface area contributed by atoms with Gasteiger partial charge in [0, 0.05) is 16.5 Å². The number of aryl methyl sites for hydroxylation is 2. The first-order chi connectivity index (χ1) is 13.1. The number of amides is 1. The van der Waals surface area contributed by atoms with E-state index >= 15 is 0 Å². The van der Waals surface area contributed by atoms with Crippen molar-refractivity contribution in [3.63, 3.8) is 0 Å². The Balaban J connectivity index is 1.55. The van der Waals surface area contributed by atoms with Gasteiger partial charge in [0.15, 0.2) is 10.8 Å². The zero-order valence-electron chi connectivity index (χ0n) is 15.1. The van der Waals surface area contributed by atoms with Crippen LogP contribution in [0.4, 0.5) is 5.13 Å². The van der Waals surface area contributed by atoms with Gasteiger partial charge in [0.1, 0.15) is 0 Å². The minimum Gasteiger partial charge on any atom is -0.298 e. The Morgan fingerprint density at radius 3 is 2.78 bits per heavy atom. The van der Waals surface area contributed by atoms with Gasteiger partial charge in [0.05, 0.1) is 24.0 Å². The van der Waals surface area contributed by atoms with E-state index in [1.54, 1.807) is 12.4 Å². The number of nitrogens with zero attached hydrogens (tertiary/aromatic N) is 4. The van der Waals surface area contributed by atoms with Crippen LogP contribution in [0.5, 0.6) is 0 Å². The lowest BCUT2D eigenvalue weighted by molar-refractivity contribution is 0.102. The molecule has 0 saturated carbocycles. The Bertz CT molecular complexity index is 1100. The molecule has 1 amide bonds. The zero-order chi connectivity index (χ0) is 18.8. The number of carbonyl (C=O) groups is 1. The fourth-order valence-electron chi connectivity index (χ4n) is 2.95. The molecule has 4 rings (SSSR count). The van der Waals surface area contributed by atoms with Crippen molar-refractivity contribution in [2.75, 3.05) is 5.32 Å². The maximum absolute atomic E-state index is 12.6. The third-order valence-electron chi connectivity index (χ3n) is 4.36. The smallest absolute Gasteiger partial charge is 0.259 e. The van der Waals surface area contributed by atoms with E-state index in [0.717, 1.165) is 33.6 Å². The Kier molecular flexibility index (Phi) is 4.68. The van der Waals surface area contributed by atoms with E-state index in [-0.39, 0.29) is 5.91 Å². The third kappa shape index (κ3) is 3.59. The third-order valence-corrected chi connectivity index (χ3v) is 5.29. The van der Waals surface area contributed by atoms with Crippen LogP contribution in [-0.4, -0.2) is 25.7 Å². The van der Waals surface area contributed by atoms with Gasteiger partial charge in [-0.2, -0.15) is 5.10 Å². The lowest BCUT2D eigenvalue weighted by Gasteiger charge is -2.04. The summed E-state index contributed by atoms with van der Waals surface area (Å²) < 4.78 is 1.84. The molecule has 6 nitrogen and oxygen atoms in total. The van der Waals surface area contributed by atoms with E-state index in [2.05, 4.69) is 39.4 Å². The molecule has 0 saturated heterocycles. The molecule has 0 radical (unpaired) electrons. The normalized spacial score (nSPS) is 11.0. The van der Waals surface area contributed by atoms with Gasteiger partial charge in [-0.15, -0.1) is 11.3 Å². The highest BCUT2D eigenvalue weighted by atomic mass is 32.1. The Hall–Kier alpha value is -3.06. The number of benzene rings is 1. The highest BCUT2D eigenvalue weighted by Crippen LogP contribution is 2.23. The van der Waals surface area contributed by atoms with E-state index < -0.39 is 0 Å². The lowest BCUT2D eigenvalue weighted by atomic mass is 10.2. The standard InChI is InChI=1S/C20H19N5OS/c1-3-17-13(2)27-20(23-17)24-19(26)16-9-15-11-22-25(18(15)21-10-16)12-14-7-5-4-6-8-14/h4-11H,3,12H2,1-2H3,(H,23,24,26). The maximum Gasteiger partial charge on any atom is 0.259 e. The average molecular weight is 377 g/mol. The van der Waals surface area contributed by atoms with Crippen molar-refractivity contribution in [1.82, 2.24) is 19.7 Å². The van der Waals surface area contributed by atoms with Crippen LogP contribution in [0.25, 0.3) is 11.0 Å². The van der Waals surface area contributed by atoms with Crippen molar-refractivity contribution in [2.45, 2.75) is 26.8 Å². The van der Waals surface area contributed by atoms with E-state index in [1.807, 2.05) is 35.9 Å². The number of thiazole rings is 1. The number of carbonyl (C=O) groups excluding carboxylic acids is 1. The summed E-state index contributed by atoms with van der Waals surface area (Å²) >= 11 is 1.49. The quantitative estimate of drug-likeness (QED) is 0.569. The summed E-state index contributed by atoms with van der Waals surface area (Å²) in [5, 5.41) is 8.74. The monoisotopic (exact) mass is 377 g/mol. The van der Waals surface area contributed by atoms with Crippen LogP contribution in [0.15, 0.2) is 48.8 Å². The molecular weight excluding hydrogens is 358 g/mol. The lowest BCUT2D eigenvalue weighted by Crippen LogP contribution is -2.12. The molecular formula is C20H19N5OS. The van der Waals surface area contributed by atoms with Crippen LogP contribution in [0.3, 0.4) is 0 Å². The first kappa shape index (κ1) is 17.4. The van der Waals surface area contributed by atoms with Crippen LogP contribution in [0.1, 0.15) is 33.4 Å². The summed E-state index contributed by atoms with van der Waals surface area (Å²) in [4.78, 5) is 22.6. The highest BCUT2D eigenvalue weighted by molar-refractivity contribution is 7.15. The average Bonchev–Trinajstić information content (AvgIpc) is 3.25. The van der Waals surface area contributed by atoms with Gasteiger partial charge in [-0.25, -0.2) is 14.6 Å². The van der Waals surface area contributed by atoms with Crippen LogP contribution >= 0.6 is 11.3 Å². The molecule has 4 aromatic rings. The van der Waals surface area contributed by atoms with E-state index in [1.165, 1.54) is 11.3 Å². The summed E-state index contributed by atoms with van der Waals surface area (Å²) in [5.41, 5.74) is 3.42. The minimum atomic E-state index is -0.211. The van der Waals surface area contributed by atoms with Gasteiger partial charge in [0.25, 0.3) is 5.91 Å². The molecule has 0 fully saturated rings. The van der Waals surface area contributed by atoms with Crippen LogP contribution in [-0.2, 0) is 13.0 Å². The number of hydrogen-bond donors (Lipinski definition) is 1. The highest BCUT2D eigenvalue weighted by Gasteiger charge is 2.13. The van der Waals surface area contributed by atoms with E-state index in [9.17, 15) is 4.79 Å². The fraction of sp³-hybridized carbons (Fsp3) is 0.200. The van der Waals surface area contributed by atoms with E-state index in [4.69, 9.17) is 0 Å². The zero-order valence-corrected chi connectivity index (χ0v) is 16.0. The molecule has 0 aliphatic carbocycles. The molecule has 27 heavy (non-hydrogen) atoms. The first-order valence-electron chi connectivity index (χ1n) is 8.77.